The number of anilines is 1. The summed E-state index contributed by atoms with van der Waals surface area (Å²) in [6.07, 6.45) is 1.11. The third-order valence-electron chi connectivity index (χ3n) is 4.77. The summed E-state index contributed by atoms with van der Waals surface area (Å²) in [6.45, 7) is 8.76. The minimum Gasteiger partial charge on any atom is -0.442 e. The Bertz CT molecular complexity index is 620. The quantitative estimate of drug-likeness (QED) is 0.854. The van der Waals surface area contributed by atoms with Gasteiger partial charge in [-0.25, -0.2) is 9.78 Å². The normalized spacial score (nSPS) is 19.0. The van der Waals surface area contributed by atoms with E-state index in [0.29, 0.717) is 37.8 Å². The summed E-state index contributed by atoms with van der Waals surface area (Å²) < 4.78 is 5.56. The van der Waals surface area contributed by atoms with Gasteiger partial charge < -0.3 is 20.3 Å². The van der Waals surface area contributed by atoms with Crippen molar-refractivity contribution in [2.75, 3.05) is 44.2 Å². The van der Waals surface area contributed by atoms with Crippen molar-refractivity contribution in [1.29, 1.82) is 0 Å². The van der Waals surface area contributed by atoms with Gasteiger partial charge in [-0.05, 0) is 26.0 Å². The molecule has 8 heteroatoms. The molecule has 2 fully saturated rings. The van der Waals surface area contributed by atoms with Gasteiger partial charge in [-0.2, -0.15) is 0 Å². The molecule has 0 saturated carbocycles. The first-order valence-corrected chi connectivity index (χ1v) is 8.64. The lowest BCUT2D eigenvalue weighted by Gasteiger charge is -2.41. The smallest absolute Gasteiger partial charge is 0.410 e. The first-order chi connectivity index (χ1) is 11.9. The fraction of sp³-hybridized carbons (Fsp3) is 0.588. The number of carbonyl (C=O) groups excluding carboxylic acids is 2. The highest BCUT2D eigenvalue weighted by atomic mass is 16.6. The van der Waals surface area contributed by atoms with Gasteiger partial charge in [0, 0.05) is 38.4 Å². The minimum absolute atomic E-state index is 0.117. The van der Waals surface area contributed by atoms with Gasteiger partial charge in [-0.15, -0.1) is 0 Å². The van der Waals surface area contributed by atoms with E-state index in [-0.39, 0.29) is 12.2 Å². The Labute approximate surface area is 147 Å². The maximum Gasteiger partial charge on any atom is 0.410 e. The molecule has 0 atom stereocenters. The van der Waals surface area contributed by atoms with Gasteiger partial charge in [-0.1, -0.05) is 0 Å². The summed E-state index contributed by atoms with van der Waals surface area (Å²) in [5, 5.41) is 0. The van der Waals surface area contributed by atoms with E-state index in [1.165, 1.54) is 6.20 Å². The lowest BCUT2D eigenvalue weighted by molar-refractivity contribution is 0.0322. The number of hydrogen-bond acceptors (Lipinski definition) is 6. The lowest BCUT2D eigenvalue weighted by Crippen LogP contribution is -2.56. The van der Waals surface area contributed by atoms with Crippen LogP contribution in [-0.4, -0.2) is 78.2 Å². The maximum atomic E-state index is 12.2. The van der Waals surface area contributed by atoms with Crippen LogP contribution >= 0.6 is 0 Å². The summed E-state index contributed by atoms with van der Waals surface area (Å²) in [5.74, 6) is 0.259. The molecule has 2 saturated heterocycles. The number of amides is 2. The Morgan fingerprint density at radius 1 is 1.20 bits per heavy atom. The maximum absolute atomic E-state index is 12.2. The van der Waals surface area contributed by atoms with E-state index in [2.05, 4.69) is 23.7 Å². The number of hydrogen-bond donors (Lipinski definition) is 1. The molecule has 0 spiro atoms. The third kappa shape index (κ3) is 4.01. The molecule has 3 rings (SSSR count). The molecule has 0 bridgehead atoms. The molecule has 0 aliphatic carbocycles. The fourth-order valence-corrected chi connectivity index (χ4v) is 3.06. The second kappa shape index (κ2) is 7.26. The number of ether oxygens (including phenoxy) is 1. The highest BCUT2D eigenvalue weighted by Crippen LogP contribution is 2.21. The number of nitrogens with zero attached hydrogens (tertiary/aromatic N) is 4. The molecule has 136 valence electrons. The van der Waals surface area contributed by atoms with Crippen molar-refractivity contribution in [3.63, 3.8) is 0 Å². The molecule has 0 radical (unpaired) electrons. The Morgan fingerprint density at radius 2 is 1.88 bits per heavy atom. The molecule has 3 heterocycles. The van der Waals surface area contributed by atoms with Crippen molar-refractivity contribution < 1.29 is 14.3 Å². The number of nitrogens with two attached hydrogens (primary N) is 1. The largest absolute Gasteiger partial charge is 0.442 e. The van der Waals surface area contributed by atoms with Crippen LogP contribution in [0.25, 0.3) is 0 Å². The van der Waals surface area contributed by atoms with Crippen LogP contribution in [0.2, 0.25) is 0 Å². The summed E-state index contributed by atoms with van der Waals surface area (Å²) in [4.78, 5) is 33.6. The number of primary amides is 1. The molecule has 2 N–H and O–H groups in total. The molecule has 2 aliphatic heterocycles. The lowest BCUT2D eigenvalue weighted by atomic mass is 10.1. The van der Waals surface area contributed by atoms with Crippen molar-refractivity contribution >= 4 is 17.8 Å². The molecule has 8 nitrogen and oxygen atoms in total. The average molecular weight is 347 g/mol. The standard InChI is InChI=1S/C17H25N5O3/c1-12(2)20-5-7-21(8-6-20)17(24)25-14-10-22(11-14)15-4-3-13(9-19-15)16(18)23/h3-4,9,12,14H,5-8,10-11H2,1-2H3,(H2,18,23). The number of carbonyl (C=O) groups is 2. The molecule has 0 aromatic carbocycles. The van der Waals surface area contributed by atoms with E-state index in [0.717, 1.165) is 18.9 Å². The van der Waals surface area contributed by atoms with Crippen molar-refractivity contribution in [2.45, 2.75) is 26.0 Å². The van der Waals surface area contributed by atoms with Crippen molar-refractivity contribution in [2.24, 2.45) is 5.73 Å². The van der Waals surface area contributed by atoms with Crippen molar-refractivity contribution in [3.05, 3.63) is 23.9 Å². The Kier molecular flexibility index (Phi) is 5.08. The van der Waals surface area contributed by atoms with E-state index in [4.69, 9.17) is 10.5 Å². The van der Waals surface area contributed by atoms with Gasteiger partial charge in [-0.3, -0.25) is 9.69 Å². The molecule has 1 aromatic rings. The van der Waals surface area contributed by atoms with Crippen LogP contribution in [0.1, 0.15) is 24.2 Å². The summed E-state index contributed by atoms with van der Waals surface area (Å²) in [7, 11) is 0. The molecule has 2 amide bonds. The predicted octanol–water partition coefficient (Wildman–Crippen LogP) is 0.532. The number of aromatic nitrogens is 1. The Balaban J connectivity index is 1.43. The Hall–Kier alpha value is -2.35. The van der Waals surface area contributed by atoms with Gasteiger partial charge in [0.15, 0.2) is 0 Å². The number of piperazine rings is 1. The first-order valence-electron chi connectivity index (χ1n) is 8.64. The highest BCUT2D eigenvalue weighted by molar-refractivity contribution is 5.92. The number of pyridine rings is 1. The number of rotatable bonds is 4. The van der Waals surface area contributed by atoms with E-state index in [1.54, 1.807) is 17.0 Å². The summed E-state index contributed by atoms with van der Waals surface area (Å²) in [6, 6.07) is 3.91. The second-order valence-corrected chi connectivity index (χ2v) is 6.80. The zero-order valence-electron chi connectivity index (χ0n) is 14.7. The molecular formula is C17H25N5O3. The third-order valence-corrected chi connectivity index (χ3v) is 4.77. The fourth-order valence-electron chi connectivity index (χ4n) is 3.06. The van der Waals surface area contributed by atoms with Crippen LogP contribution in [0.3, 0.4) is 0 Å². The summed E-state index contributed by atoms with van der Waals surface area (Å²) in [5.41, 5.74) is 5.58. The second-order valence-electron chi connectivity index (χ2n) is 6.80. The predicted molar refractivity (Wildman–Crippen MR) is 93.5 cm³/mol. The van der Waals surface area contributed by atoms with Crippen molar-refractivity contribution in [3.8, 4) is 0 Å². The van der Waals surface area contributed by atoms with Gasteiger partial charge in [0.05, 0.1) is 18.7 Å². The van der Waals surface area contributed by atoms with E-state index >= 15 is 0 Å². The Morgan fingerprint density at radius 3 is 2.40 bits per heavy atom. The van der Waals surface area contributed by atoms with Crippen LogP contribution in [0.5, 0.6) is 0 Å². The SMILES string of the molecule is CC(C)N1CCN(C(=O)OC2CN(c3ccc(C(N)=O)cn3)C2)CC1. The first kappa shape index (κ1) is 17.5. The van der Waals surface area contributed by atoms with E-state index in [9.17, 15) is 9.59 Å². The van der Waals surface area contributed by atoms with Crippen LogP contribution < -0.4 is 10.6 Å². The van der Waals surface area contributed by atoms with Crippen LogP contribution in [0.15, 0.2) is 18.3 Å². The van der Waals surface area contributed by atoms with Crippen molar-refractivity contribution in [1.82, 2.24) is 14.8 Å². The van der Waals surface area contributed by atoms with E-state index < -0.39 is 5.91 Å². The molecule has 0 unspecified atom stereocenters. The van der Waals surface area contributed by atoms with Gasteiger partial charge >= 0.3 is 6.09 Å². The molecule has 25 heavy (non-hydrogen) atoms. The highest BCUT2D eigenvalue weighted by Gasteiger charge is 2.33. The monoisotopic (exact) mass is 347 g/mol. The molecular weight excluding hydrogens is 322 g/mol. The van der Waals surface area contributed by atoms with Crippen LogP contribution in [0, 0.1) is 0 Å². The van der Waals surface area contributed by atoms with E-state index in [1.807, 2.05) is 4.90 Å². The topological polar surface area (TPSA) is 92.0 Å². The summed E-state index contributed by atoms with van der Waals surface area (Å²) >= 11 is 0. The van der Waals surface area contributed by atoms with Crippen LogP contribution in [0.4, 0.5) is 10.6 Å². The zero-order chi connectivity index (χ0) is 18.0. The average Bonchev–Trinajstić information content (AvgIpc) is 2.57. The van der Waals surface area contributed by atoms with Gasteiger partial charge in [0.25, 0.3) is 0 Å². The molecule has 1 aromatic heterocycles. The zero-order valence-corrected chi connectivity index (χ0v) is 14.7. The minimum atomic E-state index is -0.493. The molecule has 2 aliphatic rings. The van der Waals surface area contributed by atoms with Gasteiger partial charge in [0.2, 0.25) is 5.91 Å². The van der Waals surface area contributed by atoms with Crippen LogP contribution in [-0.2, 0) is 4.74 Å². The van der Waals surface area contributed by atoms with Gasteiger partial charge in [0.1, 0.15) is 11.9 Å².